The lowest BCUT2D eigenvalue weighted by molar-refractivity contribution is -0.142. The lowest BCUT2D eigenvalue weighted by Gasteiger charge is -2.11. The summed E-state index contributed by atoms with van der Waals surface area (Å²) in [7, 11) is 3.11. The monoisotopic (exact) mass is 414 g/mol. The molecule has 0 bridgehead atoms. The Bertz CT molecular complexity index is 1120. The number of fused-ring (bicyclic) bond motifs is 1. The number of hydrogen-bond donors (Lipinski definition) is 1. The minimum absolute atomic E-state index is 0.228. The molecule has 0 amide bonds. The number of nitrogens with zero attached hydrogens (tertiary/aromatic N) is 1. The first kappa shape index (κ1) is 20.6. The Morgan fingerprint density at radius 3 is 2.45 bits per heavy atom. The van der Waals surface area contributed by atoms with Crippen LogP contribution in [0, 0.1) is 13.8 Å². The van der Waals surface area contributed by atoms with Gasteiger partial charge in [0.2, 0.25) is 0 Å². The zero-order valence-corrected chi connectivity index (χ0v) is 17.7. The third kappa shape index (κ3) is 4.48. The standard InChI is InChI=1S/C21H22N2O5S/c1-11-13(3)29-21-18(11)20(25)22-19(23-21)12(2)28-17(24)7-6-14-8-15(26-4)10-16(9-14)27-5/h6-10,12H,1-5H3,(H,22,23,25)/b7-6+/t12-/m1/s1. The number of methoxy groups -OCH3 is 2. The van der Waals surface area contributed by atoms with Gasteiger partial charge in [0.1, 0.15) is 16.3 Å². The van der Waals surface area contributed by atoms with Crippen molar-refractivity contribution < 1.29 is 19.0 Å². The Hall–Kier alpha value is -3.13. The number of aryl methyl sites for hydroxylation is 2. The highest BCUT2D eigenvalue weighted by Crippen LogP contribution is 2.27. The summed E-state index contributed by atoms with van der Waals surface area (Å²) >= 11 is 1.45. The second-order valence-corrected chi connectivity index (χ2v) is 7.68. The second-order valence-electron chi connectivity index (χ2n) is 6.47. The van der Waals surface area contributed by atoms with Crippen molar-refractivity contribution in [3.63, 3.8) is 0 Å². The SMILES string of the molecule is COc1cc(/C=C/C(=O)O[C@H](C)c2nc3sc(C)c(C)c3c(=O)[nH]2)cc(OC)c1. The molecule has 152 valence electrons. The third-order valence-corrected chi connectivity index (χ3v) is 5.62. The zero-order chi connectivity index (χ0) is 21.1. The fourth-order valence-electron chi connectivity index (χ4n) is 2.82. The lowest BCUT2D eigenvalue weighted by Crippen LogP contribution is -2.16. The molecule has 2 heterocycles. The van der Waals surface area contributed by atoms with E-state index >= 15 is 0 Å². The summed E-state index contributed by atoms with van der Waals surface area (Å²) in [5.41, 5.74) is 1.42. The smallest absolute Gasteiger partial charge is 0.331 e. The predicted molar refractivity (Wildman–Crippen MR) is 113 cm³/mol. The van der Waals surface area contributed by atoms with Crippen LogP contribution in [0.3, 0.4) is 0 Å². The Labute approximate surface area is 172 Å². The maximum Gasteiger partial charge on any atom is 0.331 e. The van der Waals surface area contributed by atoms with E-state index in [1.54, 1.807) is 45.4 Å². The van der Waals surface area contributed by atoms with E-state index in [4.69, 9.17) is 14.2 Å². The summed E-state index contributed by atoms with van der Waals surface area (Å²) in [6.07, 6.45) is 2.21. The Balaban J connectivity index is 1.76. The molecular weight excluding hydrogens is 392 g/mol. The molecule has 0 unspecified atom stereocenters. The summed E-state index contributed by atoms with van der Waals surface area (Å²) in [6.45, 7) is 5.51. The van der Waals surface area contributed by atoms with Crippen LogP contribution in [0.5, 0.6) is 11.5 Å². The maximum atomic E-state index is 12.4. The van der Waals surface area contributed by atoms with Crippen molar-refractivity contribution in [2.24, 2.45) is 0 Å². The highest BCUT2D eigenvalue weighted by molar-refractivity contribution is 7.18. The molecule has 3 aromatic rings. The van der Waals surface area contributed by atoms with Gasteiger partial charge >= 0.3 is 5.97 Å². The molecule has 2 aromatic heterocycles. The van der Waals surface area contributed by atoms with Crippen LogP contribution in [0.15, 0.2) is 29.1 Å². The molecule has 0 radical (unpaired) electrons. The van der Waals surface area contributed by atoms with Crippen LogP contribution in [0.2, 0.25) is 0 Å². The third-order valence-electron chi connectivity index (χ3n) is 4.52. The van der Waals surface area contributed by atoms with Crippen molar-refractivity contribution in [1.29, 1.82) is 0 Å². The number of esters is 1. The van der Waals surface area contributed by atoms with Crippen molar-refractivity contribution in [2.75, 3.05) is 14.2 Å². The van der Waals surface area contributed by atoms with E-state index in [9.17, 15) is 9.59 Å². The number of thiophene rings is 1. The average Bonchev–Trinajstić information content (AvgIpc) is 3.00. The maximum absolute atomic E-state index is 12.4. The summed E-state index contributed by atoms with van der Waals surface area (Å²) in [4.78, 5) is 33.5. The molecule has 3 rings (SSSR count). The lowest BCUT2D eigenvalue weighted by atomic mass is 10.2. The number of aromatic nitrogens is 2. The van der Waals surface area contributed by atoms with Gasteiger partial charge in [0, 0.05) is 17.0 Å². The van der Waals surface area contributed by atoms with Crippen molar-refractivity contribution in [3.05, 3.63) is 56.5 Å². The quantitative estimate of drug-likeness (QED) is 0.485. The first-order valence-electron chi connectivity index (χ1n) is 8.94. The molecular formula is C21H22N2O5S. The van der Waals surface area contributed by atoms with Crippen molar-refractivity contribution in [1.82, 2.24) is 9.97 Å². The van der Waals surface area contributed by atoms with Crippen molar-refractivity contribution in [2.45, 2.75) is 26.9 Å². The molecule has 0 aliphatic heterocycles. The Morgan fingerprint density at radius 1 is 1.17 bits per heavy atom. The summed E-state index contributed by atoms with van der Waals surface area (Å²) in [5.74, 6) is 0.985. The van der Waals surface area contributed by atoms with E-state index in [1.807, 2.05) is 13.8 Å². The number of carbonyl (C=O) groups excluding carboxylic acids is 1. The van der Waals surface area contributed by atoms with Crippen LogP contribution in [0.25, 0.3) is 16.3 Å². The second kappa shape index (κ2) is 8.48. The highest BCUT2D eigenvalue weighted by Gasteiger charge is 2.17. The number of carbonyl (C=O) groups is 1. The molecule has 0 aliphatic carbocycles. The van der Waals surface area contributed by atoms with Gasteiger partial charge in [-0.05, 0) is 50.1 Å². The number of rotatable bonds is 6. The van der Waals surface area contributed by atoms with Crippen LogP contribution in [0.4, 0.5) is 0 Å². The van der Waals surface area contributed by atoms with Crippen LogP contribution >= 0.6 is 11.3 Å². The van der Waals surface area contributed by atoms with Gasteiger partial charge in [-0.15, -0.1) is 11.3 Å². The predicted octanol–water partition coefficient (Wildman–Crippen LogP) is 3.94. The van der Waals surface area contributed by atoms with Crippen LogP contribution in [-0.4, -0.2) is 30.2 Å². The Kier molecular flexibility index (Phi) is 6.03. The van der Waals surface area contributed by atoms with E-state index in [2.05, 4.69) is 9.97 Å². The first-order valence-corrected chi connectivity index (χ1v) is 9.75. The molecule has 7 nitrogen and oxygen atoms in total. The molecule has 29 heavy (non-hydrogen) atoms. The van der Waals surface area contributed by atoms with Crippen LogP contribution in [-0.2, 0) is 9.53 Å². The molecule has 0 spiro atoms. The summed E-state index contributed by atoms with van der Waals surface area (Å²) in [6, 6.07) is 5.28. The number of ether oxygens (including phenoxy) is 3. The molecule has 0 fully saturated rings. The normalized spacial score (nSPS) is 12.3. The van der Waals surface area contributed by atoms with Gasteiger partial charge in [-0.2, -0.15) is 0 Å². The molecule has 1 atom stereocenters. The van der Waals surface area contributed by atoms with E-state index < -0.39 is 12.1 Å². The molecule has 1 N–H and O–H groups in total. The molecule has 0 saturated heterocycles. The van der Waals surface area contributed by atoms with Gasteiger partial charge in [-0.1, -0.05) is 0 Å². The minimum atomic E-state index is -0.702. The van der Waals surface area contributed by atoms with Gasteiger partial charge in [-0.25, -0.2) is 9.78 Å². The van der Waals surface area contributed by atoms with E-state index in [0.717, 1.165) is 16.0 Å². The van der Waals surface area contributed by atoms with Gasteiger partial charge in [0.05, 0.1) is 19.6 Å². The fourth-order valence-corrected chi connectivity index (χ4v) is 3.86. The highest BCUT2D eigenvalue weighted by atomic mass is 32.1. The van der Waals surface area contributed by atoms with Gasteiger partial charge in [-0.3, -0.25) is 4.79 Å². The fraction of sp³-hybridized carbons (Fsp3) is 0.286. The summed E-state index contributed by atoms with van der Waals surface area (Å²) < 4.78 is 15.8. The van der Waals surface area contributed by atoms with E-state index in [0.29, 0.717) is 27.5 Å². The summed E-state index contributed by atoms with van der Waals surface area (Å²) in [5, 5.41) is 0.585. The van der Waals surface area contributed by atoms with Crippen molar-refractivity contribution in [3.8, 4) is 11.5 Å². The topological polar surface area (TPSA) is 90.5 Å². The number of aromatic amines is 1. The van der Waals surface area contributed by atoms with E-state index in [1.165, 1.54) is 17.4 Å². The molecule has 0 saturated carbocycles. The largest absolute Gasteiger partial charge is 0.497 e. The zero-order valence-electron chi connectivity index (χ0n) is 16.9. The number of benzene rings is 1. The molecule has 0 aliphatic rings. The molecule has 1 aromatic carbocycles. The number of H-pyrrole nitrogens is 1. The van der Waals surface area contributed by atoms with Gasteiger partial charge in [0.15, 0.2) is 11.9 Å². The number of nitrogens with one attached hydrogen (secondary N) is 1. The molecule has 8 heteroatoms. The first-order chi connectivity index (χ1) is 13.8. The van der Waals surface area contributed by atoms with Gasteiger partial charge in [0.25, 0.3) is 5.56 Å². The Morgan fingerprint density at radius 2 is 1.83 bits per heavy atom. The minimum Gasteiger partial charge on any atom is -0.497 e. The van der Waals surface area contributed by atoms with E-state index in [-0.39, 0.29) is 5.56 Å². The van der Waals surface area contributed by atoms with Crippen LogP contribution in [0.1, 0.15) is 34.9 Å². The van der Waals surface area contributed by atoms with Crippen molar-refractivity contribution >= 4 is 33.6 Å². The van der Waals surface area contributed by atoms with Gasteiger partial charge < -0.3 is 19.2 Å². The average molecular weight is 414 g/mol. The van der Waals surface area contributed by atoms with Crippen LogP contribution < -0.4 is 15.0 Å². The number of hydrogen-bond acceptors (Lipinski definition) is 7.